The lowest BCUT2D eigenvalue weighted by atomic mass is 10.0. The second-order valence-electron chi connectivity index (χ2n) is 7.28. The number of hydrogen-bond donors (Lipinski definition) is 0. The SMILES string of the molecule is CCN(C(=O)CSc1cc(C)c2cc(C)cc(C)c2n1)[C@H]1CCS(=O)(=O)C1. The number of fused-ring (bicyclic) bond motifs is 1. The Labute approximate surface area is 165 Å². The fraction of sp³-hybridized carbons (Fsp3) is 0.500. The standard InChI is InChI=1S/C20H26N2O3S2/c1-5-22(16-6-7-27(24,25)12-16)19(23)11-26-18-10-14(3)17-9-13(2)8-15(4)20(17)21-18/h8-10,16H,5-7,11-12H2,1-4H3/t16-/m0/s1. The van der Waals surface area contributed by atoms with Crippen LogP contribution in [-0.2, 0) is 14.6 Å². The fourth-order valence-electron chi connectivity index (χ4n) is 3.77. The Balaban J connectivity index is 1.75. The van der Waals surface area contributed by atoms with E-state index in [-0.39, 0.29) is 29.2 Å². The van der Waals surface area contributed by atoms with Gasteiger partial charge in [0.2, 0.25) is 5.91 Å². The molecule has 0 spiro atoms. The zero-order valence-corrected chi connectivity index (χ0v) is 17.9. The Morgan fingerprint density at radius 1 is 1.22 bits per heavy atom. The second-order valence-corrected chi connectivity index (χ2v) is 10.5. The molecule has 146 valence electrons. The van der Waals surface area contributed by atoms with Crippen molar-refractivity contribution in [1.29, 1.82) is 0 Å². The van der Waals surface area contributed by atoms with Gasteiger partial charge in [-0.2, -0.15) is 0 Å². The van der Waals surface area contributed by atoms with Crippen LogP contribution in [0.25, 0.3) is 10.9 Å². The van der Waals surface area contributed by atoms with Crippen LogP contribution >= 0.6 is 11.8 Å². The first-order chi connectivity index (χ1) is 12.7. The van der Waals surface area contributed by atoms with Gasteiger partial charge < -0.3 is 4.90 Å². The van der Waals surface area contributed by atoms with Gasteiger partial charge in [0, 0.05) is 18.0 Å². The minimum Gasteiger partial charge on any atom is -0.338 e. The molecule has 1 aliphatic heterocycles. The molecule has 1 aromatic heterocycles. The van der Waals surface area contributed by atoms with Gasteiger partial charge in [0.1, 0.15) is 0 Å². The number of thioether (sulfide) groups is 1. The lowest BCUT2D eigenvalue weighted by Gasteiger charge is -2.26. The molecule has 1 aromatic carbocycles. The molecule has 0 radical (unpaired) electrons. The molecule has 0 saturated carbocycles. The maximum atomic E-state index is 12.7. The number of pyridine rings is 1. The van der Waals surface area contributed by atoms with Crippen LogP contribution < -0.4 is 0 Å². The van der Waals surface area contributed by atoms with Crippen molar-refractivity contribution in [2.24, 2.45) is 0 Å². The van der Waals surface area contributed by atoms with Crippen LogP contribution in [0.1, 0.15) is 30.0 Å². The van der Waals surface area contributed by atoms with Crippen LogP contribution in [0.5, 0.6) is 0 Å². The molecule has 0 aliphatic carbocycles. The first-order valence-electron chi connectivity index (χ1n) is 9.21. The minimum absolute atomic E-state index is 0.0234. The van der Waals surface area contributed by atoms with Gasteiger partial charge in [0.25, 0.3) is 0 Å². The minimum atomic E-state index is -3.00. The highest BCUT2D eigenvalue weighted by Gasteiger charge is 2.33. The lowest BCUT2D eigenvalue weighted by molar-refractivity contribution is -0.129. The van der Waals surface area contributed by atoms with Gasteiger partial charge in [-0.1, -0.05) is 23.4 Å². The Hall–Kier alpha value is -1.60. The van der Waals surface area contributed by atoms with Gasteiger partial charge in [-0.25, -0.2) is 13.4 Å². The van der Waals surface area contributed by atoms with Crippen molar-refractivity contribution in [3.8, 4) is 0 Å². The van der Waals surface area contributed by atoms with E-state index in [1.54, 1.807) is 4.90 Å². The second kappa shape index (κ2) is 7.80. The highest BCUT2D eigenvalue weighted by atomic mass is 32.2. The van der Waals surface area contributed by atoms with E-state index in [1.165, 1.54) is 17.3 Å². The number of aryl methyl sites for hydroxylation is 3. The summed E-state index contributed by atoms with van der Waals surface area (Å²) in [4.78, 5) is 19.1. The molecule has 1 aliphatic rings. The third-order valence-electron chi connectivity index (χ3n) is 5.09. The summed E-state index contributed by atoms with van der Waals surface area (Å²) >= 11 is 1.42. The van der Waals surface area contributed by atoms with Crippen molar-refractivity contribution in [3.63, 3.8) is 0 Å². The van der Waals surface area contributed by atoms with Crippen LogP contribution in [0, 0.1) is 20.8 Å². The number of rotatable bonds is 5. The molecule has 27 heavy (non-hydrogen) atoms. The van der Waals surface area contributed by atoms with Crippen molar-refractivity contribution < 1.29 is 13.2 Å². The number of carbonyl (C=O) groups excluding carboxylic acids is 1. The maximum absolute atomic E-state index is 12.7. The third kappa shape index (κ3) is 4.46. The fourth-order valence-corrected chi connectivity index (χ4v) is 6.35. The van der Waals surface area contributed by atoms with E-state index in [4.69, 9.17) is 4.98 Å². The number of aromatic nitrogens is 1. The van der Waals surface area contributed by atoms with E-state index < -0.39 is 9.84 Å². The predicted molar refractivity (Wildman–Crippen MR) is 111 cm³/mol. The zero-order valence-electron chi connectivity index (χ0n) is 16.3. The Bertz CT molecular complexity index is 986. The molecule has 0 N–H and O–H groups in total. The average Bonchev–Trinajstić information content (AvgIpc) is 2.94. The summed E-state index contributed by atoms with van der Waals surface area (Å²) in [6.45, 7) is 8.63. The van der Waals surface area contributed by atoms with Gasteiger partial charge in [-0.3, -0.25) is 4.79 Å². The molecular weight excluding hydrogens is 380 g/mol. The summed E-state index contributed by atoms with van der Waals surface area (Å²) in [6.07, 6.45) is 0.540. The van der Waals surface area contributed by atoms with Crippen molar-refractivity contribution in [2.75, 3.05) is 23.8 Å². The van der Waals surface area contributed by atoms with Crippen LogP contribution in [-0.4, -0.2) is 54.1 Å². The number of sulfone groups is 1. The first kappa shape index (κ1) is 20.1. The third-order valence-corrected chi connectivity index (χ3v) is 7.73. The smallest absolute Gasteiger partial charge is 0.233 e. The molecule has 1 atom stereocenters. The topological polar surface area (TPSA) is 67.3 Å². The predicted octanol–water partition coefficient (Wildman–Crippen LogP) is 3.29. The van der Waals surface area contributed by atoms with Crippen molar-refractivity contribution in [3.05, 3.63) is 34.9 Å². The molecule has 2 heterocycles. The van der Waals surface area contributed by atoms with Gasteiger partial charge >= 0.3 is 0 Å². The summed E-state index contributed by atoms with van der Waals surface area (Å²) in [6, 6.07) is 6.09. The average molecular weight is 407 g/mol. The van der Waals surface area contributed by atoms with E-state index in [0.717, 1.165) is 27.1 Å². The molecule has 1 amide bonds. The molecule has 2 aromatic rings. The lowest BCUT2D eigenvalue weighted by Crippen LogP contribution is -2.41. The monoisotopic (exact) mass is 406 g/mol. The summed E-state index contributed by atoms with van der Waals surface area (Å²) < 4.78 is 23.5. The summed E-state index contributed by atoms with van der Waals surface area (Å²) in [5.74, 6) is 0.513. The van der Waals surface area contributed by atoms with Crippen molar-refractivity contribution >= 4 is 38.4 Å². The van der Waals surface area contributed by atoms with E-state index in [2.05, 4.69) is 32.9 Å². The Kier molecular flexibility index (Phi) is 5.82. The molecule has 0 unspecified atom stereocenters. The molecule has 5 nitrogen and oxygen atoms in total. The normalized spacial score (nSPS) is 18.7. The van der Waals surface area contributed by atoms with Crippen LogP contribution in [0.15, 0.2) is 23.2 Å². The van der Waals surface area contributed by atoms with Gasteiger partial charge in [-0.15, -0.1) is 0 Å². The highest BCUT2D eigenvalue weighted by molar-refractivity contribution is 7.99. The Morgan fingerprint density at radius 3 is 2.59 bits per heavy atom. The molecule has 1 fully saturated rings. The first-order valence-corrected chi connectivity index (χ1v) is 12.0. The van der Waals surface area contributed by atoms with E-state index in [0.29, 0.717) is 13.0 Å². The van der Waals surface area contributed by atoms with Crippen LogP contribution in [0.2, 0.25) is 0 Å². The molecule has 0 bridgehead atoms. The van der Waals surface area contributed by atoms with Gasteiger partial charge in [0.15, 0.2) is 9.84 Å². The Morgan fingerprint density at radius 2 is 1.96 bits per heavy atom. The summed E-state index contributed by atoms with van der Waals surface area (Å²) in [7, 11) is -3.00. The van der Waals surface area contributed by atoms with Crippen molar-refractivity contribution in [1.82, 2.24) is 9.88 Å². The summed E-state index contributed by atoms with van der Waals surface area (Å²) in [5, 5.41) is 1.98. The largest absolute Gasteiger partial charge is 0.338 e. The zero-order chi connectivity index (χ0) is 19.8. The number of carbonyl (C=O) groups is 1. The number of hydrogen-bond acceptors (Lipinski definition) is 5. The number of amides is 1. The number of benzene rings is 1. The van der Waals surface area contributed by atoms with Gasteiger partial charge in [0.05, 0.1) is 27.8 Å². The quantitative estimate of drug-likeness (QED) is 0.713. The molecule has 3 rings (SSSR count). The molecule has 7 heteroatoms. The van der Waals surface area contributed by atoms with Crippen molar-refractivity contribution in [2.45, 2.75) is 45.2 Å². The van der Waals surface area contributed by atoms with Crippen LogP contribution in [0.4, 0.5) is 0 Å². The van der Waals surface area contributed by atoms with Gasteiger partial charge in [-0.05, 0) is 57.4 Å². The van der Waals surface area contributed by atoms with E-state index >= 15 is 0 Å². The van der Waals surface area contributed by atoms with E-state index in [9.17, 15) is 13.2 Å². The number of nitrogens with zero attached hydrogens (tertiary/aromatic N) is 2. The molecular formula is C20H26N2O3S2. The van der Waals surface area contributed by atoms with E-state index in [1.807, 2.05) is 13.0 Å². The molecule has 1 saturated heterocycles. The highest BCUT2D eigenvalue weighted by Crippen LogP contribution is 2.27. The maximum Gasteiger partial charge on any atom is 0.233 e. The van der Waals surface area contributed by atoms with Crippen LogP contribution in [0.3, 0.4) is 0 Å². The summed E-state index contributed by atoms with van der Waals surface area (Å²) in [5.41, 5.74) is 4.47.